The van der Waals surface area contributed by atoms with E-state index in [1.54, 1.807) is 11.0 Å². The van der Waals surface area contributed by atoms with E-state index in [4.69, 9.17) is 32.7 Å². The normalized spacial score (nSPS) is 15.3. The van der Waals surface area contributed by atoms with Gasteiger partial charge in [0.15, 0.2) is 0 Å². The fourth-order valence-corrected chi connectivity index (χ4v) is 5.63. The van der Waals surface area contributed by atoms with Crippen molar-refractivity contribution in [2.45, 2.75) is 64.6 Å². The van der Waals surface area contributed by atoms with E-state index in [1.807, 2.05) is 80.3 Å². The summed E-state index contributed by atoms with van der Waals surface area (Å²) in [6, 6.07) is 23.7. The monoisotopic (exact) mass is 620 g/mol. The third-order valence-corrected chi connectivity index (χ3v) is 8.42. The van der Waals surface area contributed by atoms with E-state index in [0.29, 0.717) is 41.7 Å². The lowest BCUT2D eigenvalue weighted by molar-refractivity contribution is -0.128. The summed E-state index contributed by atoms with van der Waals surface area (Å²) in [6.07, 6.45) is 2.74. The summed E-state index contributed by atoms with van der Waals surface area (Å²) in [6.45, 7) is 7.02. The molecule has 6 nitrogen and oxygen atoms in total. The smallest absolute Gasteiger partial charge is 0.410 e. The van der Waals surface area contributed by atoms with Gasteiger partial charge in [-0.2, -0.15) is 0 Å². The maximum atomic E-state index is 14.4. The van der Waals surface area contributed by atoms with Crippen LogP contribution in [-0.2, 0) is 22.5 Å². The van der Waals surface area contributed by atoms with Gasteiger partial charge in [-0.05, 0) is 80.5 Å². The SMILES string of the molecule is CC(C)(C)OC(=O)N1CCC(c2cccc(OCCc3ccccc3)c2)=C(C(=O)N(Cc2cccc(Cl)c2Cl)C2CC2)C1. The first-order chi connectivity index (χ1) is 20.6. The fraction of sp³-hybridized carbons (Fsp3) is 0.371. The molecule has 0 unspecified atom stereocenters. The number of halogens is 2. The number of ether oxygens (including phenoxy) is 2. The Morgan fingerprint density at radius 1 is 0.977 bits per heavy atom. The van der Waals surface area contributed by atoms with Gasteiger partial charge in [0.1, 0.15) is 11.4 Å². The van der Waals surface area contributed by atoms with Crippen LogP contribution in [0.15, 0.2) is 78.4 Å². The molecular weight excluding hydrogens is 583 g/mol. The van der Waals surface area contributed by atoms with Gasteiger partial charge in [0.05, 0.1) is 23.2 Å². The highest BCUT2D eigenvalue weighted by Crippen LogP contribution is 2.36. The molecule has 1 heterocycles. The van der Waals surface area contributed by atoms with Crippen molar-refractivity contribution in [1.29, 1.82) is 0 Å². The van der Waals surface area contributed by atoms with Crippen LogP contribution in [0, 0.1) is 0 Å². The van der Waals surface area contributed by atoms with Gasteiger partial charge in [0, 0.05) is 31.1 Å². The zero-order valence-corrected chi connectivity index (χ0v) is 26.5. The first kappa shape index (κ1) is 31.0. The summed E-state index contributed by atoms with van der Waals surface area (Å²) < 4.78 is 11.8. The van der Waals surface area contributed by atoms with E-state index in [1.165, 1.54) is 5.56 Å². The van der Waals surface area contributed by atoms with Crippen molar-refractivity contribution < 1.29 is 19.1 Å². The topological polar surface area (TPSA) is 59.1 Å². The quantitative estimate of drug-likeness (QED) is 0.242. The standard InChI is InChI=1S/C35H38Cl2N2O4/c1-35(2,3)43-34(41)38-19-17-29(25-11-7-13-28(21-25)42-20-18-24-9-5-4-6-10-24)30(23-38)33(40)39(27-15-16-27)22-26-12-8-14-31(36)32(26)37/h4-14,21,27H,15-20,22-23H2,1-3H3. The highest BCUT2D eigenvalue weighted by molar-refractivity contribution is 6.42. The number of carbonyl (C=O) groups excluding carboxylic acids is 2. The number of nitrogens with zero attached hydrogens (tertiary/aromatic N) is 2. The van der Waals surface area contributed by atoms with Crippen LogP contribution >= 0.6 is 23.2 Å². The van der Waals surface area contributed by atoms with Gasteiger partial charge in [0.25, 0.3) is 5.91 Å². The predicted octanol–water partition coefficient (Wildman–Crippen LogP) is 8.20. The molecule has 8 heteroatoms. The van der Waals surface area contributed by atoms with Crippen LogP contribution < -0.4 is 4.74 Å². The van der Waals surface area contributed by atoms with Crippen LogP contribution in [0.3, 0.4) is 0 Å². The van der Waals surface area contributed by atoms with Gasteiger partial charge in [0.2, 0.25) is 0 Å². The van der Waals surface area contributed by atoms with Gasteiger partial charge < -0.3 is 19.3 Å². The number of hydrogen-bond donors (Lipinski definition) is 0. The van der Waals surface area contributed by atoms with Crippen LogP contribution in [0.4, 0.5) is 4.79 Å². The second kappa shape index (κ2) is 13.4. The lowest BCUT2D eigenvalue weighted by Gasteiger charge is -2.34. The molecule has 43 heavy (non-hydrogen) atoms. The van der Waals surface area contributed by atoms with Gasteiger partial charge in [-0.25, -0.2) is 4.79 Å². The van der Waals surface area contributed by atoms with E-state index < -0.39 is 11.7 Å². The highest BCUT2D eigenvalue weighted by Gasteiger charge is 2.38. The lowest BCUT2D eigenvalue weighted by atomic mass is 9.92. The Kier molecular flexibility index (Phi) is 9.68. The first-order valence-electron chi connectivity index (χ1n) is 14.8. The highest BCUT2D eigenvalue weighted by atomic mass is 35.5. The van der Waals surface area contributed by atoms with Gasteiger partial charge >= 0.3 is 6.09 Å². The Balaban J connectivity index is 1.44. The van der Waals surface area contributed by atoms with Crippen molar-refractivity contribution in [3.8, 4) is 5.75 Å². The molecule has 0 spiro atoms. The number of benzene rings is 3. The maximum absolute atomic E-state index is 14.4. The van der Waals surface area contributed by atoms with E-state index in [0.717, 1.165) is 41.7 Å². The summed E-state index contributed by atoms with van der Waals surface area (Å²) in [5.41, 5.74) is 3.79. The van der Waals surface area contributed by atoms with Crippen molar-refractivity contribution >= 4 is 40.8 Å². The molecule has 1 saturated carbocycles. The Morgan fingerprint density at radius 3 is 2.44 bits per heavy atom. The van der Waals surface area contributed by atoms with Crippen LogP contribution in [0.5, 0.6) is 5.75 Å². The van der Waals surface area contributed by atoms with Crippen molar-refractivity contribution in [3.05, 3.63) is 105 Å². The first-order valence-corrected chi connectivity index (χ1v) is 15.6. The lowest BCUT2D eigenvalue weighted by Crippen LogP contribution is -2.44. The van der Waals surface area contributed by atoms with Gasteiger partial charge in [-0.3, -0.25) is 4.79 Å². The molecule has 226 valence electrons. The molecule has 2 amide bonds. The number of hydrogen-bond acceptors (Lipinski definition) is 4. The molecule has 0 aromatic heterocycles. The number of carbonyl (C=O) groups is 2. The number of rotatable bonds is 9. The van der Waals surface area contributed by atoms with Crippen molar-refractivity contribution in [2.75, 3.05) is 19.7 Å². The molecule has 5 rings (SSSR count). The van der Waals surface area contributed by atoms with E-state index in [9.17, 15) is 9.59 Å². The average Bonchev–Trinajstić information content (AvgIpc) is 3.83. The molecule has 0 saturated heterocycles. The van der Waals surface area contributed by atoms with Gasteiger partial charge in [-0.15, -0.1) is 0 Å². The molecular formula is C35H38Cl2N2O4. The zero-order chi connectivity index (χ0) is 30.6. The van der Waals surface area contributed by atoms with E-state index in [2.05, 4.69) is 12.1 Å². The van der Waals surface area contributed by atoms with Crippen LogP contribution in [0.25, 0.3) is 5.57 Å². The Morgan fingerprint density at radius 2 is 1.72 bits per heavy atom. The molecule has 0 radical (unpaired) electrons. The van der Waals surface area contributed by atoms with E-state index >= 15 is 0 Å². The minimum absolute atomic E-state index is 0.0998. The molecule has 1 aliphatic heterocycles. The van der Waals surface area contributed by atoms with Crippen molar-refractivity contribution in [1.82, 2.24) is 9.80 Å². The summed E-state index contributed by atoms with van der Waals surface area (Å²) >= 11 is 12.8. The van der Waals surface area contributed by atoms with Crippen molar-refractivity contribution in [2.24, 2.45) is 0 Å². The van der Waals surface area contributed by atoms with Crippen LogP contribution in [0.1, 0.15) is 56.7 Å². The molecule has 0 atom stereocenters. The predicted molar refractivity (Wildman–Crippen MR) is 171 cm³/mol. The molecule has 0 N–H and O–H groups in total. The Hall–Kier alpha value is -3.48. The summed E-state index contributed by atoms with van der Waals surface area (Å²) in [4.78, 5) is 31.0. The largest absolute Gasteiger partial charge is 0.493 e. The summed E-state index contributed by atoms with van der Waals surface area (Å²) in [5.74, 6) is 0.643. The minimum Gasteiger partial charge on any atom is -0.493 e. The van der Waals surface area contributed by atoms with E-state index in [-0.39, 0.29) is 18.5 Å². The average molecular weight is 622 g/mol. The zero-order valence-electron chi connectivity index (χ0n) is 24.9. The molecule has 3 aromatic rings. The summed E-state index contributed by atoms with van der Waals surface area (Å²) in [7, 11) is 0. The maximum Gasteiger partial charge on any atom is 0.410 e. The van der Waals surface area contributed by atoms with Crippen LogP contribution in [0.2, 0.25) is 10.0 Å². The Labute approximate surface area is 264 Å². The van der Waals surface area contributed by atoms with Crippen molar-refractivity contribution in [3.63, 3.8) is 0 Å². The molecule has 3 aromatic carbocycles. The third-order valence-electron chi connectivity index (χ3n) is 7.56. The molecule has 1 fully saturated rings. The molecule has 2 aliphatic rings. The number of amides is 2. The summed E-state index contributed by atoms with van der Waals surface area (Å²) in [5, 5.41) is 0.913. The fourth-order valence-electron chi connectivity index (χ4n) is 5.25. The van der Waals surface area contributed by atoms with Crippen LogP contribution in [-0.4, -0.2) is 53.1 Å². The molecule has 1 aliphatic carbocycles. The second-order valence-electron chi connectivity index (χ2n) is 12.1. The molecule has 0 bridgehead atoms. The third kappa shape index (κ3) is 8.12. The second-order valence-corrected chi connectivity index (χ2v) is 12.9. The Bertz CT molecular complexity index is 1500. The van der Waals surface area contributed by atoms with Gasteiger partial charge in [-0.1, -0.05) is 77.8 Å². The minimum atomic E-state index is -0.639.